The number of hydrogen-bond acceptors (Lipinski definition) is 3. The van der Waals surface area contributed by atoms with Crippen LogP contribution in [0.1, 0.15) is 39.1 Å². The van der Waals surface area contributed by atoms with Gasteiger partial charge in [0.05, 0.1) is 0 Å². The molecule has 6 heteroatoms. The minimum absolute atomic E-state index is 0.135. The van der Waals surface area contributed by atoms with Crippen LogP contribution in [0.4, 0.5) is 5.69 Å². The van der Waals surface area contributed by atoms with E-state index in [0.29, 0.717) is 29.4 Å². The number of anilines is 1. The number of nitrogens with zero attached hydrogens (tertiary/aromatic N) is 1. The van der Waals surface area contributed by atoms with Crippen LogP contribution in [0.15, 0.2) is 59.1 Å². The number of hydrogen-bond donors (Lipinski definition) is 1. The van der Waals surface area contributed by atoms with Gasteiger partial charge in [0.15, 0.2) is 6.29 Å². The van der Waals surface area contributed by atoms with Crippen molar-refractivity contribution in [3.8, 4) is 0 Å². The molecule has 3 aromatic rings. The average Bonchev–Trinajstić information content (AvgIpc) is 2.73. The number of carboxylic acid groups (broad SMARTS) is 1. The number of halogens is 1. The molecule has 1 N–H and O–H groups in total. The minimum atomic E-state index is -0.802. The fraction of sp³-hybridized carbons (Fsp3) is 0.174. The molecule has 0 atom stereocenters. The first kappa shape index (κ1) is 20.7. The quantitative estimate of drug-likeness (QED) is 0.505. The molecule has 1 amide bonds. The smallest absolute Gasteiger partial charge is 0.303 e. The van der Waals surface area contributed by atoms with Crippen molar-refractivity contribution in [2.45, 2.75) is 19.3 Å². The van der Waals surface area contributed by atoms with Gasteiger partial charge in [-0.2, -0.15) is 0 Å². The summed E-state index contributed by atoms with van der Waals surface area (Å²) in [5.41, 5.74) is 2.66. The van der Waals surface area contributed by atoms with Crippen molar-refractivity contribution >= 4 is 50.6 Å². The minimum Gasteiger partial charge on any atom is -0.481 e. The van der Waals surface area contributed by atoms with Crippen LogP contribution in [0.25, 0.3) is 10.8 Å². The van der Waals surface area contributed by atoms with Crippen LogP contribution >= 0.6 is 15.9 Å². The van der Waals surface area contributed by atoms with Crippen LogP contribution in [0.5, 0.6) is 0 Å². The number of fused-ring (bicyclic) bond motifs is 1. The van der Waals surface area contributed by atoms with Gasteiger partial charge < -0.3 is 10.0 Å². The van der Waals surface area contributed by atoms with E-state index in [9.17, 15) is 14.4 Å². The molecule has 29 heavy (non-hydrogen) atoms. The summed E-state index contributed by atoms with van der Waals surface area (Å²) in [5.74, 6) is -1.02. The highest BCUT2D eigenvalue weighted by molar-refractivity contribution is 9.10. The molecule has 0 aliphatic heterocycles. The van der Waals surface area contributed by atoms with Gasteiger partial charge in [-0.1, -0.05) is 40.2 Å². The third-order valence-electron chi connectivity index (χ3n) is 4.86. The van der Waals surface area contributed by atoms with Gasteiger partial charge in [0, 0.05) is 40.1 Å². The Morgan fingerprint density at radius 2 is 1.79 bits per heavy atom. The van der Waals surface area contributed by atoms with E-state index < -0.39 is 5.97 Å². The van der Waals surface area contributed by atoms with Gasteiger partial charge in [0.2, 0.25) is 0 Å². The molecule has 0 saturated heterocycles. The molecule has 148 valence electrons. The highest BCUT2D eigenvalue weighted by atomic mass is 79.9. The van der Waals surface area contributed by atoms with Crippen LogP contribution in [-0.2, 0) is 11.2 Å². The Balaban J connectivity index is 1.88. The van der Waals surface area contributed by atoms with Gasteiger partial charge in [-0.15, -0.1) is 0 Å². The zero-order chi connectivity index (χ0) is 21.0. The summed E-state index contributed by atoms with van der Waals surface area (Å²) >= 11 is 3.49. The number of aliphatic carboxylic acids is 1. The van der Waals surface area contributed by atoms with Gasteiger partial charge >= 0.3 is 5.97 Å². The normalized spacial score (nSPS) is 10.7. The van der Waals surface area contributed by atoms with Gasteiger partial charge in [0.1, 0.15) is 0 Å². The van der Waals surface area contributed by atoms with Gasteiger partial charge in [-0.05, 0) is 54.1 Å². The van der Waals surface area contributed by atoms with E-state index in [1.54, 1.807) is 36.2 Å². The van der Waals surface area contributed by atoms with Crippen molar-refractivity contribution in [3.05, 3.63) is 75.8 Å². The monoisotopic (exact) mass is 453 g/mol. The number of rotatable bonds is 7. The number of benzene rings is 3. The Hall–Kier alpha value is -2.99. The first-order chi connectivity index (χ1) is 13.9. The molecule has 0 bridgehead atoms. The van der Waals surface area contributed by atoms with Crippen LogP contribution in [-0.4, -0.2) is 30.3 Å². The lowest BCUT2D eigenvalue weighted by molar-refractivity contribution is -0.137. The molecule has 0 spiro atoms. The summed E-state index contributed by atoms with van der Waals surface area (Å²) < 4.78 is 0.820. The molecule has 0 saturated carbocycles. The van der Waals surface area contributed by atoms with Crippen LogP contribution < -0.4 is 4.90 Å². The second kappa shape index (κ2) is 9.01. The maximum Gasteiger partial charge on any atom is 0.303 e. The van der Waals surface area contributed by atoms with Gasteiger partial charge in [-0.3, -0.25) is 14.4 Å². The van der Waals surface area contributed by atoms with Crippen molar-refractivity contribution in [1.29, 1.82) is 0 Å². The number of carboxylic acids is 1. The first-order valence-electron chi connectivity index (χ1n) is 9.17. The molecular formula is C23H20BrNO4. The largest absolute Gasteiger partial charge is 0.481 e. The topological polar surface area (TPSA) is 74.7 Å². The highest BCUT2D eigenvalue weighted by Crippen LogP contribution is 2.30. The molecule has 0 aliphatic carbocycles. The Labute approximate surface area is 177 Å². The van der Waals surface area contributed by atoms with E-state index >= 15 is 0 Å². The third-order valence-corrected chi connectivity index (χ3v) is 5.55. The summed E-state index contributed by atoms with van der Waals surface area (Å²) in [6, 6.07) is 16.4. The Kier molecular flexibility index (Phi) is 6.44. The third kappa shape index (κ3) is 4.54. The van der Waals surface area contributed by atoms with Crippen molar-refractivity contribution in [2.75, 3.05) is 11.9 Å². The van der Waals surface area contributed by atoms with Crippen LogP contribution in [0.2, 0.25) is 0 Å². The molecule has 0 fully saturated rings. The van der Waals surface area contributed by atoms with Crippen molar-refractivity contribution in [3.63, 3.8) is 0 Å². The summed E-state index contributed by atoms with van der Waals surface area (Å²) in [6.07, 6.45) is 2.14. The summed E-state index contributed by atoms with van der Waals surface area (Å²) in [4.78, 5) is 36.9. The fourth-order valence-electron chi connectivity index (χ4n) is 3.30. The Bertz CT molecular complexity index is 1080. The second-order valence-corrected chi connectivity index (χ2v) is 7.61. The maximum atomic E-state index is 13.2. The van der Waals surface area contributed by atoms with E-state index in [1.165, 1.54) is 0 Å². The fourth-order valence-corrected chi connectivity index (χ4v) is 3.77. The molecule has 0 radical (unpaired) electrons. The molecule has 0 aliphatic rings. The zero-order valence-corrected chi connectivity index (χ0v) is 17.5. The molecule has 0 heterocycles. The van der Waals surface area contributed by atoms with Crippen LogP contribution in [0.3, 0.4) is 0 Å². The second-order valence-electron chi connectivity index (χ2n) is 6.76. The number of aldehydes is 1. The van der Waals surface area contributed by atoms with Crippen molar-refractivity contribution < 1.29 is 19.5 Å². The zero-order valence-electron chi connectivity index (χ0n) is 15.9. The lowest BCUT2D eigenvalue weighted by atomic mass is 9.99. The number of amides is 1. The van der Waals surface area contributed by atoms with E-state index in [0.717, 1.165) is 27.4 Å². The SMILES string of the molecule is CN(C(=O)c1cccc2c(Br)ccc(C=O)c12)c1ccc(CCCC(=O)O)cc1. The van der Waals surface area contributed by atoms with E-state index in [2.05, 4.69) is 15.9 Å². The van der Waals surface area contributed by atoms with E-state index in [1.807, 2.05) is 30.3 Å². The standard InChI is InChI=1S/C23H20BrNO4/c1-25(17-11-8-15(9-12-17)4-2-7-21(27)28)23(29)19-6-3-5-18-20(24)13-10-16(14-26)22(18)19/h3,5-6,8-14H,2,4,7H2,1H3,(H,27,28). The van der Waals surface area contributed by atoms with Gasteiger partial charge in [0.25, 0.3) is 5.91 Å². The van der Waals surface area contributed by atoms with Crippen molar-refractivity contribution in [1.82, 2.24) is 0 Å². The molecule has 3 aromatic carbocycles. The predicted molar refractivity (Wildman–Crippen MR) is 117 cm³/mol. The molecule has 0 unspecified atom stereocenters. The Morgan fingerprint density at radius 3 is 2.45 bits per heavy atom. The summed E-state index contributed by atoms with van der Waals surface area (Å²) in [6.45, 7) is 0. The lowest BCUT2D eigenvalue weighted by Crippen LogP contribution is -2.26. The van der Waals surface area contributed by atoms with Crippen molar-refractivity contribution in [2.24, 2.45) is 0 Å². The van der Waals surface area contributed by atoms with Crippen LogP contribution in [0, 0.1) is 0 Å². The lowest BCUT2D eigenvalue weighted by Gasteiger charge is -2.19. The first-order valence-corrected chi connectivity index (χ1v) is 9.97. The van der Waals surface area contributed by atoms with Gasteiger partial charge in [-0.25, -0.2) is 0 Å². The Morgan fingerprint density at radius 1 is 1.07 bits per heavy atom. The highest BCUT2D eigenvalue weighted by Gasteiger charge is 2.19. The average molecular weight is 454 g/mol. The molecule has 3 rings (SSSR count). The summed E-state index contributed by atoms with van der Waals surface area (Å²) in [5, 5.41) is 10.2. The number of aryl methyl sites for hydroxylation is 1. The maximum absolute atomic E-state index is 13.2. The summed E-state index contributed by atoms with van der Waals surface area (Å²) in [7, 11) is 1.69. The predicted octanol–water partition coefficient (Wildman–Crippen LogP) is 5.10. The molecule has 5 nitrogen and oxygen atoms in total. The molecular weight excluding hydrogens is 434 g/mol. The van der Waals surface area contributed by atoms with E-state index in [-0.39, 0.29) is 12.3 Å². The molecule has 0 aromatic heterocycles. The van der Waals surface area contributed by atoms with E-state index in [4.69, 9.17) is 5.11 Å². The number of carbonyl (C=O) groups is 3. The number of carbonyl (C=O) groups excluding carboxylic acids is 2.